The maximum absolute atomic E-state index is 5.71. The fraction of sp³-hybridized carbons (Fsp3) is 0.154. The average Bonchev–Trinajstić information content (AvgIpc) is 2.41. The summed E-state index contributed by atoms with van der Waals surface area (Å²) in [5, 5.41) is 0. The lowest BCUT2D eigenvalue weighted by molar-refractivity contribution is 0.384. The molecule has 0 N–H and O–H groups in total. The summed E-state index contributed by atoms with van der Waals surface area (Å²) in [6.07, 6.45) is 1.66. The molecule has 0 atom stereocenters. The van der Waals surface area contributed by atoms with Gasteiger partial charge in [-0.3, -0.25) is 0 Å². The molecule has 0 radical (unpaired) electrons. The predicted octanol–water partition coefficient (Wildman–Crippen LogP) is 4.42. The number of hydrogen-bond acceptors (Lipinski definition) is 4. The average molecular weight is 389 g/mol. The molecule has 2 aromatic rings. The highest BCUT2D eigenvalue weighted by Crippen LogP contribution is 2.33. The van der Waals surface area contributed by atoms with E-state index in [4.69, 9.17) is 14.2 Å². The summed E-state index contributed by atoms with van der Waals surface area (Å²) in [7, 11) is 3.18. The van der Waals surface area contributed by atoms with Gasteiger partial charge in [-0.05, 0) is 37.9 Å². The predicted molar refractivity (Wildman–Crippen MR) is 79.3 cm³/mol. The third-order valence-corrected chi connectivity index (χ3v) is 3.32. The topological polar surface area (TPSA) is 40.6 Å². The van der Waals surface area contributed by atoms with Crippen LogP contribution < -0.4 is 14.2 Å². The molecule has 6 heteroatoms. The summed E-state index contributed by atoms with van der Waals surface area (Å²) in [6, 6.07) is 7.16. The first-order valence-corrected chi connectivity index (χ1v) is 6.93. The normalized spacial score (nSPS) is 10.1. The molecular formula is C13H11Br2NO3. The quantitative estimate of drug-likeness (QED) is 0.777. The first-order valence-electron chi connectivity index (χ1n) is 5.34. The fourth-order valence-electron chi connectivity index (χ4n) is 1.43. The van der Waals surface area contributed by atoms with E-state index < -0.39 is 0 Å². The standard InChI is InChI=1S/C13H11Br2NO3/c1-17-9-4-10(18-2)6-11(5-9)19-13-12(15)3-8(14)7-16-13/h3-7H,1-2H3. The van der Waals surface area contributed by atoms with E-state index >= 15 is 0 Å². The lowest BCUT2D eigenvalue weighted by Gasteiger charge is -2.10. The zero-order chi connectivity index (χ0) is 13.8. The van der Waals surface area contributed by atoms with Gasteiger partial charge in [0.15, 0.2) is 0 Å². The zero-order valence-electron chi connectivity index (χ0n) is 10.3. The first kappa shape index (κ1) is 14.1. The van der Waals surface area contributed by atoms with Crippen LogP contribution in [-0.4, -0.2) is 19.2 Å². The Hall–Kier alpha value is -1.27. The van der Waals surface area contributed by atoms with Crippen LogP contribution in [0.5, 0.6) is 23.1 Å². The van der Waals surface area contributed by atoms with Crippen molar-refractivity contribution in [1.29, 1.82) is 0 Å². The molecule has 2 rings (SSSR count). The minimum Gasteiger partial charge on any atom is -0.496 e. The number of pyridine rings is 1. The largest absolute Gasteiger partial charge is 0.496 e. The first-order chi connectivity index (χ1) is 9.12. The Morgan fingerprint density at radius 2 is 1.47 bits per heavy atom. The minimum absolute atomic E-state index is 0.471. The maximum atomic E-state index is 5.71. The lowest BCUT2D eigenvalue weighted by atomic mass is 10.3. The molecule has 1 aromatic heterocycles. The van der Waals surface area contributed by atoms with Crippen LogP contribution in [0.1, 0.15) is 0 Å². The lowest BCUT2D eigenvalue weighted by Crippen LogP contribution is -1.92. The van der Waals surface area contributed by atoms with Gasteiger partial charge < -0.3 is 14.2 Å². The number of rotatable bonds is 4. The molecule has 0 saturated heterocycles. The van der Waals surface area contributed by atoms with Crippen molar-refractivity contribution in [3.8, 4) is 23.1 Å². The maximum Gasteiger partial charge on any atom is 0.233 e. The van der Waals surface area contributed by atoms with Crippen molar-refractivity contribution in [2.75, 3.05) is 14.2 Å². The van der Waals surface area contributed by atoms with Gasteiger partial charge in [0.2, 0.25) is 5.88 Å². The number of nitrogens with zero attached hydrogens (tertiary/aromatic N) is 1. The Morgan fingerprint density at radius 3 is 2.00 bits per heavy atom. The van der Waals surface area contributed by atoms with Gasteiger partial charge in [0.1, 0.15) is 17.2 Å². The van der Waals surface area contributed by atoms with E-state index in [9.17, 15) is 0 Å². The molecule has 19 heavy (non-hydrogen) atoms. The zero-order valence-corrected chi connectivity index (χ0v) is 13.5. The third-order valence-electron chi connectivity index (χ3n) is 2.31. The highest BCUT2D eigenvalue weighted by atomic mass is 79.9. The Morgan fingerprint density at radius 1 is 0.895 bits per heavy atom. The summed E-state index contributed by atoms with van der Waals surface area (Å²) < 4.78 is 17.7. The summed E-state index contributed by atoms with van der Waals surface area (Å²) >= 11 is 6.74. The van der Waals surface area contributed by atoms with Crippen molar-refractivity contribution in [3.63, 3.8) is 0 Å². The second-order valence-corrected chi connectivity index (χ2v) is 5.36. The molecule has 0 unspecified atom stereocenters. The summed E-state index contributed by atoms with van der Waals surface area (Å²) in [5.74, 6) is 2.37. The molecule has 0 bridgehead atoms. The monoisotopic (exact) mass is 387 g/mol. The Balaban J connectivity index is 2.31. The van der Waals surface area contributed by atoms with E-state index in [1.807, 2.05) is 6.07 Å². The highest BCUT2D eigenvalue weighted by molar-refractivity contribution is 9.11. The van der Waals surface area contributed by atoms with Gasteiger partial charge in [0, 0.05) is 28.9 Å². The SMILES string of the molecule is COc1cc(OC)cc(Oc2ncc(Br)cc2Br)c1. The summed E-state index contributed by atoms with van der Waals surface area (Å²) in [4.78, 5) is 4.19. The molecule has 0 aliphatic rings. The number of benzene rings is 1. The van der Waals surface area contributed by atoms with Crippen LogP contribution in [0, 0.1) is 0 Å². The van der Waals surface area contributed by atoms with Crippen molar-refractivity contribution >= 4 is 31.9 Å². The van der Waals surface area contributed by atoms with Crippen molar-refractivity contribution in [2.24, 2.45) is 0 Å². The molecule has 0 aliphatic carbocycles. The molecule has 0 fully saturated rings. The van der Waals surface area contributed by atoms with Crippen molar-refractivity contribution < 1.29 is 14.2 Å². The van der Waals surface area contributed by atoms with Crippen molar-refractivity contribution in [2.45, 2.75) is 0 Å². The fourth-order valence-corrected chi connectivity index (χ4v) is 2.50. The number of aromatic nitrogens is 1. The van der Waals surface area contributed by atoms with E-state index in [2.05, 4.69) is 36.8 Å². The molecule has 0 aliphatic heterocycles. The van der Waals surface area contributed by atoms with Gasteiger partial charge in [-0.2, -0.15) is 0 Å². The van der Waals surface area contributed by atoms with E-state index in [-0.39, 0.29) is 0 Å². The molecule has 1 heterocycles. The molecule has 4 nitrogen and oxygen atoms in total. The van der Waals surface area contributed by atoms with Gasteiger partial charge in [0.25, 0.3) is 0 Å². The summed E-state index contributed by atoms with van der Waals surface area (Å²) in [5.41, 5.74) is 0. The van der Waals surface area contributed by atoms with E-state index in [1.54, 1.807) is 38.6 Å². The van der Waals surface area contributed by atoms with E-state index in [0.29, 0.717) is 23.1 Å². The Bertz CT molecular complexity index is 568. The van der Waals surface area contributed by atoms with Gasteiger partial charge in [-0.25, -0.2) is 4.98 Å². The number of halogens is 2. The minimum atomic E-state index is 0.471. The van der Waals surface area contributed by atoms with Crippen LogP contribution >= 0.6 is 31.9 Å². The number of methoxy groups -OCH3 is 2. The molecule has 0 spiro atoms. The van der Waals surface area contributed by atoms with E-state index in [1.165, 1.54) is 0 Å². The summed E-state index contributed by atoms with van der Waals surface area (Å²) in [6.45, 7) is 0. The van der Waals surface area contributed by atoms with Gasteiger partial charge >= 0.3 is 0 Å². The van der Waals surface area contributed by atoms with Crippen molar-refractivity contribution in [3.05, 3.63) is 39.4 Å². The number of ether oxygens (including phenoxy) is 3. The van der Waals surface area contributed by atoms with Crippen LogP contribution in [0.15, 0.2) is 39.4 Å². The Kier molecular flexibility index (Phi) is 4.66. The molecule has 1 aromatic carbocycles. The molecule has 0 amide bonds. The Labute approximate surface area is 128 Å². The highest BCUT2D eigenvalue weighted by Gasteiger charge is 2.08. The van der Waals surface area contributed by atoms with Crippen LogP contribution in [-0.2, 0) is 0 Å². The van der Waals surface area contributed by atoms with Crippen LogP contribution in [0.4, 0.5) is 0 Å². The van der Waals surface area contributed by atoms with Gasteiger partial charge in [0.05, 0.1) is 18.7 Å². The van der Waals surface area contributed by atoms with Crippen LogP contribution in [0.25, 0.3) is 0 Å². The second kappa shape index (κ2) is 6.25. The molecule has 100 valence electrons. The van der Waals surface area contributed by atoms with E-state index in [0.717, 1.165) is 8.95 Å². The smallest absolute Gasteiger partial charge is 0.233 e. The van der Waals surface area contributed by atoms with Crippen molar-refractivity contribution in [1.82, 2.24) is 4.98 Å². The molecule has 0 saturated carbocycles. The second-order valence-electron chi connectivity index (χ2n) is 3.59. The molecular weight excluding hydrogens is 378 g/mol. The van der Waals surface area contributed by atoms with Crippen LogP contribution in [0.2, 0.25) is 0 Å². The third kappa shape index (κ3) is 3.61. The van der Waals surface area contributed by atoms with Gasteiger partial charge in [-0.15, -0.1) is 0 Å². The van der Waals surface area contributed by atoms with Gasteiger partial charge in [-0.1, -0.05) is 0 Å². The van der Waals surface area contributed by atoms with Crippen LogP contribution in [0.3, 0.4) is 0 Å². The number of hydrogen-bond donors (Lipinski definition) is 0.